The van der Waals surface area contributed by atoms with Crippen molar-refractivity contribution in [3.8, 4) is 0 Å². The Bertz CT molecular complexity index is 929. The highest BCUT2D eigenvalue weighted by Crippen LogP contribution is 2.19. The van der Waals surface area contributed by atoms with Gasteiger partial charge in [-0.05, 0) is 36.8 Å². The maximum Gasteiger partial charge on any atom is 0.330 e. The van der Waals surface area contributed by atoms with E-state index in [1.165, 1.54) is 15.0 Å². The Labute approximate surface area is 171 Å². The molecular formula is C22H32N4O3. The normalized spacial score (nSPS) is 10.9. The lowest BCUT2D eigenvalue weighted by atomic mass is 10.1. The van der Waals surface area contributed by atoms with Crippen LogP contribution in [0.5, 0.6) is 0 Å². The molecule has 0 saturated carbocycles. The number of nitrogen functional groups attached to an aromatic ring is 1. The smallest absolute Gasteiger partial charge is 0.330 e. The summed E-state index contributed by atoms with van der Waals surface area (Å²) in [7, 11) is 0. The largest absolute Gasteiger partial charge is 0.383 e. The van der Waals surface area contributed by atoms with E-state index in [4.69, 9.17) is 5.73 Å². The molecule has 3 N–H and O–H groups in total. The molecule has 0 fully saturated rings. The zero-order valence-electron chi connectivity index (χ0n) is 17.7. The van der Waals surface area contributed by atoms with Gasteiger partial charge in [-0.15, -0.1) is 0 Å². The van der Waals surface area contributed by atoms with Crippen molar-refractivity contribution < 1.29 is 4.79 Å². The summed E-state index contributed by atoms with van der Waals surface area (Å²) in [5.74, 6) is -0.120. The van der Waals surface area contributed by atoms with Gasteiger partial charge in [0.05, 0.1) is 0 Å². The molecule has 158 valence electrons. The minimum atomic E-state index is -0.616. The van der Waals surface area contributed by atoms with Gasteiger partial charge in [0, 0.05) is 19.5 Å². The molecule has 1 amide bonds. The molecule has 0 aliphatic rings. The number of carbonyl (C=O) groups excluding carboxylic acids is 1. The van der Waals surface area contributed by atoms with E-state index in [-0.39, 0.29) is 23.8 Å². The van der Waals surface area contributed by atoms with Crippen LogP contribution in [0.3, 0.4) is 0 Å². The topological polar surface area (TPSA) is 101 Å². The molecule has 0 unspecified atom stereocenters. The third-order valence-electron chi connectivity index (χ3n) is 5.03. The van der Waals surface area contributed by atoms with Crippen LogP contribution in [0.2, 0.25) is 0 Å². The Morgan fingerprint density at radius 3 is 2.31 bits per heavy atom. The van der Waals surface area contributed by atoms with Crippen molar-refractivity contribution in [3.05, 3.63) is 56.2 Å². The van der Waals surface area contributed by atoms with Crippen LogP contribution in [0, 0.1) is 0 Å². The lowest BCUT2D eigenvalue weighted by Gasteiger charge is -2.24. The number of nitrogens with two attached hydrogens (primary N) is 1. The number of aromatic nitrogens is 2. The first-order valence-electron chi connectivity index (χ1n) is 10.4. The van der Waals surface area contributed by atoms with Crippen LogP contribution < -0.4 is 21.9 Å². The lowest BCUT2D eigenvalue weighted by Crippen LogP contribution is -2.41. The number of aryl methyl sites for hydroxylation is 2. The Morgan fingerprint density at radius 2 is 1.72 bits per heavy atom. The van der Waals surface area contributed by atoms with Crippen molar-refractivity contribution in [1.82, 2.24) is 9.55 Å². The molecule has 0 saturated heterocycles. The van der Waals surface area contributed by atoms with Gasteiger partial charge in [-0.25, -0.2) is 4.79 Å². The van der Waals surface area contributed by atoms with Crippen molar-refractivity contribution in [2.24, 2.45) is 0 Å². The molecule has 1 heterocycles. The second-order valence-electron chi connectivity index (χ2n) is 7.21. The van der Waals surface area contributed by atoms with Crippen LogP contribution in [-0.2, 0) is 24.2 Å². The summed E-state index contributed by atoms with van der Waals surface area (Å²) in [6, 6.07) is 8.19. The molecule has 0 bridgehead atoms. The number of carbonyl (C=O) groups is 1. The molecule has 1 aromatic heterocycles. The lowest BCUT2D eigenvalue weighted by molar-refractivity contribution is -0.118. The third-order valence-corrected chi connectivity index (χ3v) is 5.03. The van der Waals surface area contributed by atoms with Gasteiger partial charge in [-0.3, -0.25) is 19.1 Å². The molecule has 0 radical (unpaired) electrons. The Morgan fingerprint density at radius 1 is 1.07 bits per heavy atom. The number of H-pyrrole nitrogens is 1. The summed E-state index contributed by atoms with van der Waals surface area (Å²) in [6.07, 6.45) is 4.12. The first-order valence-corrected chi connectivity index (χ1v) is 10.4. The number of amides is 1. The molecular weight excluding hydrogens is 368 g/mol. The van der Waals surface area contributed by atoms with E-state index in [0.717, 1.165) is 24.8 Å². The summed E-state index contributed by atoms with van der Waals surface area (Å²) in [4.78, 5) is 41.4. The maximum atomic E-state index is 13.0. The molecule has 2 rings (SSSR count). The van der Waals surface area contributed by atoms with Crippen LogP contribution in [-0.4, -0.2) is 22.0 Å². The highest BCUT2D eigenvalue weighted by molar-refractivity contribution is 5.95. The molecule has 29 heavy (non-hydrogen) atoms. The third kappa shape index (κ3) is 5.59. The number of hydrogen-bond donors (Lipinski definition) is 2. The van der Waals surface area contributed by atoms with Crippen molar-refractivity contribution >= 4 is 17.4 Å². The number of hydrogen-bond acceptors (Lipinski definition) is 4. The predicted molar refractivity (Wildman–Crippen MR) is 117 cm³/mol. The van der Waals surface area contributed by atoms with Gasteiger partial charge >= 0.3 is 5.69 Å². The highest BCUT2D eigenvalue weighted by Gasteiger charge is 2.23. The second-order valence-corrected chi connectivity index (χ2v) is 7.21. The fourth-order valence-corrected chi connectivity index (χ4v) is 3.29. The predicted octanol–water partition coefficient (Wildman–Crippen LogP) is 2.86. The van der Waals surface area contributed by atoms with Crippen molar-refractivity contribution in [3.63, 3.8) is 0 Å². The first-order chi connectivity index (χ1) is 13.9. The summed E-state index contributed by atoms with van der Waals surface area (Å²) < 4.78 is 1.35. The van der Waals surface area contributed by atoms with Gasteiger partial charge in [-0.2, -0.15) is 0 Å². The summed E-state index contributed by atoms with van der Waals surface area (Å²) in [6.45, 7) is 6.81. The zero-order valence-corrected chi connectivity index (χ0v) is 17.7. The summed E-state index contributed by atoms with van der Waals surface area (Å²) >= 11 is 0. The summed E-state index contributed by atoms with van der Waals surface area (Å²) in [5.41, 5.74) is 7.43. The van der Waals surface area contributed by atoms with E-state index in [2.05, 4.69) is 24.0 Å². The number of rotatable bonds is 10. The van der Waals surface area contributed by atoms with Gasteiger partial charge in [0.25, 0.3) is 5.56 Å². The number of anilines is 2. The van der Waals surface area contributed by atoms with Crippen LogP contribution in [0.15, 0.2) is 33.9 Å². The van der Waals surface area contributed by atoms with Gasteiger partial charge in [0.15, 0.2) is 5.69 Å². The minimum absolute atomic E-state index is 0.0568. The Kier molecular flexibility index (Phi) is 8.24. The number of unbranched alkanes of at least 4 members (excludes halogenated alkanes) is 1. The Hall–Kier alpha value is -2.83. The van der Waals surface area contributed by atoms with Gasteiger partial charge < -0.3 is 10.6 Å². The standard InChI is InChI=1S/C22H32N4O3/c1-4-7-15-26-20(23)19(21(28)24-22(26)29)25(14-5-2)18(27)13-12-17-10-8-16(6-3)9-11-17/h8-11H,4-7,12-15,23H2,1-3H3,(H,24,28,29). The first kappa shape index (κ1) is 22.5. The van der Waals surface area contributed by atoms with E-state index >= 15 is 0 Å². The fourth-order valence-electron chi connectivity index (χ4n) is 3.29. The van der Waals surface area contributed by atoms with Gasteiger partial charge in [0.2, 0.25) is 5.91 Å². The van der Waals surface area contributed by atoms with Crippen molar-refractivity contribution in [2.75, 3.05) is 17.2 Å². The quantitative estimate of drug-likeness (QED) is 0.640. The second kappa shape index (κ2) is 10.6. The minimum Gasteiger partial charge on any atom is -0.383 e. The van der Waals surface area contributed by atoms with E-state index in [9.17, 15) is 14.4 Å². The average molecular weight is 401 g/mol. The molecule has 7 nitrogen and oxygen atoms in total. The van der Waals surface area contributed by atoms with E-state index in [0.29, 0.717) is 25.9 Å². The molecule has 1 aromatic carbocycles. The van der Waals surface area contributed by atoms with Crippen LogP contribution >= 0.6 is 0 Å². The fraction of sp³-hybridized carbons (Fsp3) is 0.500. The van der Waals surface area contributed by atoms with Crippen molar-refractivity contribution in [2.45, 2.75) is 65.8 Å². The van der Waals surface area contributed by atoms with Crippen molar-refractivity contribution in [1.29, 1.82) is 0 Å². The van der Waals surface area contributed by atoms with E-state index in [1.807, 2.05) is 26.0 Å². The number of aromatic amines is 1. The molecule has 0 aliphatic heterocycles. The van der Waals surface area contributed by atoms with Gasteiger partial charge in [-0.1, -0.05) is 51.5 Å². The van der Waals surface area contributed by atoms with Gasteiger partial charge in [0.1, 0.15) is 5.82 Å². The van der Waals surface area contributed by atoms with E-state index in [1.54, 1.807) is 0 Å². The SMILES string of the molecule is CCCCn1c(N)c(N(CCC)C(=O)CCc2ccc(CC)cc2)c(=O)[nH]c1=O. The van der Waals surface area contributed by atoms with Crippen LogP contribution in [0.25, 0.3) is 0 Å². The van der Waals surface area contributed by atoms with Crippen LogP contribution in [0.4, 0.5) is 11.5 Å². The number of nitrogens with zero attached hydrogens (tertiary/aromatic N) is 2. The molecule has 2 aromatic rings. The van der Waals surface area contributed by atoms with E-state index < -0.39 is 11.2 Å². The molecule has 0 atom stereocenters. The number of benzene rings is 1. The van der Waals surface area contributed by atoms with Crippen LogP contribution in [0.1, 0.15) is 57.6 Å². The molecule has 0 spiro atoms. The number of nitrogens with one attached hydrogen (secondary N) is 1. The highest BCUT2D eigenvalue weighted by atomic mass is 16.2. The molecule has 7 heteroatoms. The zero-order chi connectivity index (χ0) is 21.4. The Balaban J connectivity index is 2.28. The maximum absolute atomic E-state index is 13.0. The monoisotopic (exact) mass is 400 g/mol. The summed E-state index contributed by atoms with van der Waals surface area (Å²) in [5, 5.41) is 0. The molecule has 0 aliphatic carbocycles. The average Bonchev–Trinajstić information content (AvgIpc) is 2.71.